The lowest BCUT2D eigenvalue weighted by molar-refractivity contribution is -0.129. The summed E-state index contributed by atoms with van der Waals surface area (Å²) in [6.07, 6.45) is 1.55. The van der Waals surface area contributed by atoms with Gasteiger partial charge in [0, 0.05) is 10.5 Å². The lowest BCUT2D eigenvalue weighted by atomic mass is 10.2. The molecular formula is C16H12BrNO4. The molecule has 0 saturated carbocycles. The van der Waals surface area contributed by atoms with Gasteiger partial charge < -0.3 is 13.9 Å². The van der Waals surface area contributed by atoms with Gasteiger partial charge in [-0.05, 0) is 37.3 Å². The van der Waals surface area contributed by atoms with Gasteiger partial charge in [0.2, 0.25) is 5.90 Å². The monoisotopic (exact) mass is 361 g/mol. The van der Waals surface area contributed by atoms with E-state index in [-0.39, 0.29) is 11.6 Å². The van der Waals surface area contributed by atoms with E-state index in [0.29, 0.717) is 17.1 Å². The molecule has 0 amide bonds. The second-order valence-corrected chi connectivity index (χ2v) is 5.54. The lowest BCUT2D eigenvalue weighted by Gasteiger charge is -2.07. The molecule has 0 aliphatic carbocycles. The summed E-state index contributed by atoms with van der Waals surface area (Å²) in [6, 6.07) is 8.97. The van der Waals surface area contributed by atoms with E-state index in [9.17, 15) is 4.79 Å². The Morgan fingerprint density at radius 3 is 2.77 bits per heavy atom. The van der Waals surface area contributed by atoms with Crippen molar-refractivity contribution in [3.05, 3.63) is 57.6 Å². The first-order chi connectivity index (χ1) is 10.6. The maximum Gasteiger partial charge on any atom is 0.363 e. The molecular weight excluding hydrogens is 350 g/mol. The smallest absolute Gasteiger partial charge is 0.363 e. The highest BCUT2D eigenvalue weighted by Gasteiger charge is 2.26. The summed E-state index contributed by atoms with van der Waals surface area (Å²) in [7, 11) is 1.55. The highest BCUT2D eigenvalue weighted by atomic mass is 79.9. The number of ether oxygens (including phenoxy) is 2. The molecule has 2 aromatic rings. The Bertz CT molecular complexity index is 804. The molecule has 6 heteroatoms. The third-order valence-electron chi connectivity index (χ3n) is 3.05. The van der Waals surface area contributed by atoms with Crippen LogP contribution in [-0.2, 0) is 9.53 Å². The fourth-order valence-electron chi connectivity index (χ4n) is 2.04. The molecule has 0 radical (unpaired) electrons. The van der Waals surface area contributed by atoms with Crippen molar-refractivity contribution in [2.75, 3.05) is 7.11 Å². The predicted molar refractivity (Wildman–Crippen MR) is 84.7 cm³/mol. The third-order valence-corrected chi connectivity index (χ3v) is 3.55. The van der Waals surface area contributed by atoms with Crippen LogP contribution in [0.5, 0.6) is 5.75 Å². The molecule has 0 atom stereocenters. The number of esters is 1. The zero-order chi connectivity index (χ0) is 15.7. The van der Waals surface area contributed by atoms with Crippen LogP contribution in [0.25, 0.3) is 6.08 Å². The minimum absolute atomic E-state index is 0.186. The van der Waals surface area contributed by atoms with Crippen LogP contribution in [0.15, 0.2) is 49.9 Å². The standard InChI is InChI=1S/C16H12BrNO4/c1-9-3-5-11(21-9)8-13-16(19)22-15(18-13)12-7-10(17)4-6-14(12)20-2/h3-8H,1-2H3/b13-8-. The van der Waals surface area contributed by atoms with Crippen LogP contribution in [-0.4, -0.2) is 19.0 Å². The van der Waals surface area contributed by atoms with E-state index in [1.54, 1.807) is 31.4 Å². The van der Waals surface area contributed by atoms with E-state index in [2.05, 4.69) is 20.9 Å². The number of hydrogen-bond donors (Lipinski definition) is 0. The molecule has 112 valence electrons. The number of nitrogens with zero attached hydrogens (tertiary/aromatic N) is 1. The van der Waals surface area contributed by atoms with Crippen molar-refractivity contribution in [3.63, 3.8) is 0 Å². The zero-order valence-corrected chi connectivity index (χ0v) is 13.5. The Hall–Kier alpha value is -2.34. The second kappa shape index (κ2) is 5.81. The van der Waals surface area contributed by atoms with Gasteiger partial charge in [-0.15, -0.1) is 0 Å². The van der Waals surface area contributed by atoms with Gasteiger partial charge >= 0.3 is 5.97 Å². The number of cyclic esters (lactones) is 1. The van der Waals surface area contributed by atoms with Crippen LogP contribution in [0, 0.1) is 6.92 Å². The molecule has 3 rings (SSSR count). The van der Waals surface area contributed by atoms with Gasteiger partial charge in [-0.1, -0.05) is 15.9 Å². The fourth-order valence-corrected chi connectivity index (χ4v) is 2.40. The minimum atomic E-state index is -0.522. The average molecular weight is 362 g/mol. The van der Waals surface area contributed by atoms with Crippen LogP contribution < -0.4 is 4.74 Å². The van der Waals surface area contributed by atoms with E-state index >= 15 is 0 Å². The summed E-state index contributed by atoms with van der Waals surface area (Å²) >= 11 is 3.38. The van der Waals surface area contributed by atoms with Gasteiger partial charge in [-0.3, -0.25) is 0 Å². The van der Waals surface area contributed by atoms with Gasteiger partial charge in [0.1, 0.15) is 17.3 Å². The molecule has 0 bridgehead atoms. The molecule has 1 aliphatic rings. The number of methoxy groups -OCH3 is 1. The topological polar surface area (TPSA) is 61.0 Å². The van der Waals surface area contributed by atoms with Crippen LogP contribution in [0.4, 0.5) is 0 Å². The summed E-state index contributed by atoms with van der Waals surface area (Å²) < 4.78 is 16.8. The molecule has 0 N–H and O–H groups in total. The SMILES string of the molecule is COc1ccc(Br)cc1C1=N/C(=C\c2ccc(C)o2)C(=O)O1. The van der Waals surface area contributed by atoms with Crippen LogP contribution in [0.2, 0.25) is 0 Å². The minimum Gasteiger partial charge on any atom is -0.496 e. The summed E-state index contributed by atoms with van der Waals surface area (Å²) in [5.74, 6) is 1.57. The van der Waals surface area contributed by atoms with E-state index < -0.39 is 5.97 Å². The van der Waals surface area contributed by atoms with Crippen molar-refractivity contribution in [1.82, 2.24) is 0 Å². The Balaban J connectivity index is 2.00. The molecule has 0 saturated heterocycles. The van der Waals surface area contributed by atoms with Crippen molar-refractivity contribution in [2.45, 2.75) is 6.92 Å². The lowest BCUT2D eigenvalue weighted by Crippen LogP contribution is -2.07. The Labute approximate surface area is 135 Å². The second-order valence-electron chi connectivity index (χ2n) is 4.63. The molecule has 5 nitrogen and oxygen atoms in total. The molecule has 1 aromatic carbocycles. The van der Waals surface area contributed by atoms with Crippen LogP contribution in [0.1, 0.15) is 17.1 Å². The zero-order valence-electron chi connectivity index (χ0n) is 11.9. The number of carbonyl (C=O) groups excluding carboxylic acids is 1. The van der Waals surface area contributed by atoms with Crippen molar-refractivity contribution in [1.29, 1.82) is 0 Å². The first kappa shape index (κ1) is 14.6. The summed E-state index contributed by atoms with van der Waals surface area (Å²) in [5.41, 5.74) is 0.788. The molecule has 1 aromatic heterocycles. The predicted octanol–water partition coefficient (Wildman–Crippen LogP) is 3.70. The first-order valence-corrected chi connectivity index (χ1v) is 7.29. The number of benzene rings is 1. The molecule has 0 fully saturated rings. The number of furan rings is 1. The molecule has 22 heavy (non-hydrogen) atoms. The van der Waals surface area contributed by atoms with Crippen molar-refractivity contribution in [2.24, 2.45) is 4.99 Å². The number of rotatable bonds is 3. The van der Waals surface area contributed by atoms with Crippen molar-refractivity contribution in [3.8, 4) is 5.75 Å². The van der Waals surface area contributed by atoms with E-state index in [4.69, 9.17) is 13.9 Å². The van der Waals surface area contributed by atoms with E-state index in [1.807, 2.05) is 19.1 Å². The number of hydrogen-bond acceptors (Lipinski definition) is 5. The molecule has 2 heterocycles. The highest BCUT2D eigenvalue weighted by molar-refractivity contribution is 9.10. The van der Waals surface area contributed by atoms with E-state index in [0.717, 1.165) is 10.2 Å². The summed E-state index contributed by atoms with van der Waals surface area (Å²) in [5, 5.41) is 0. The number of aliphatic imine (C=N–C) groups is 1. The Morgan fingerprint density at radius 1 is 1.27 bits per heavy atom. The quantitative estimate of drug-likeness (QED) is 0.617. The van der Waals surface area contributed by atoms with E-state index in [1.165, 1.54) is 0 Å². The van der Waals surface area contributed by atoms with Gasteiger partial charge in [0.25, 0.3) is 0 Å². The summed E-state index contributed by atoms with van der Waals surface area (Å²) in [4.78, 5) is 16.2. The maximum absolute atomic E-state index is 12.0. The van der Waals surface area contributed by atoms with Gasteiger partial charge in [0.15, 0.2) is 5.70 Å². The van der Waals surface area contributed by atoms with Crippen molar-refractivity contribution < 1.29 is 18.7 Å². The van der Waals surface area contributed by atoms with Crippen LogP contribution in [0.3, 0.4) is 0 Å². The Morgan fingerprint density at radius 2 is 2.09 bits per heavy atom. The number of aryl methyl sites for hydroxylation is 1. The third kappa shape index (κ3) is 2.82. The van der Waals surface area contributed by atoms with Gasteiger partial charge in [-0.25, -0.2) is 9.79 Å². The number of halogens is 1. The largest absolute Gasteiger partial charge is 0.496 e. The average Bonchev–Trinajstić information content (AvgIpc) is 3.06. The first-order valence-electron chi connectivity index (χ1n) is 6.50. The Kier molecular flexibility index (Phi) is 3.85. The molecule has 0 spiro atoms. The summed E-state index contributed by atoms with van der Waals surface area (Å²) in [6.45, 7) is 1.83. The molecule has 0 unspecified atom stereocenters. The normalized spacial score (nSPS) is 15.9. The highest BCUT2D eigenvalue weighted by Crippen LogP contribution is 2.28. The fraction of sp³-hybridized carbons (Fsp3) is 0.125. The van der Waals surface area contributed by atoms with Crippen LogP contribution >= 0.6 is 15.9 Å². The van der Waals surface area contributed by atoms with Crippen molar-refractivity contribution >= 4 is 33.9 Å². The molecule has 1 aliphatic heterocycles. The number of carbonyl (C=O) groups is 1. The van der Waals surface area contributed by atoms with Gasteiger partial charge in [-0.2, -0.15) is 0 Å². The van der Waals surface area contributed by atoms with Gasteiger partial charge in [0.05, 0.1) is 12.7 Å². The maximum atomic E-state index is 12.0.